The van der Waals surface area contributed by atoms with E-state index in [0.717, 1.165) is 42.5 Å². The highest BCUT2D eigenvalue weighted by Gasteiger charge is 2.05. The van der Waals surface area contributed by atoms with Crippen LogP contribution in [-0.2, 0) is 4.74 Å². The van der Waals surface area contributed by atoms with Gasteiger partial charge in [0.25, 0.3) is 0 Å². The second kappa shape index (κ2) is 5.37. The zero-order valence-electron chi connectivity index (χ0n) is 9.42. The molecule has 0 aliphatic carbocycles. The molecule has 1 aromatic rings. The zero-order valence-corrected chi connectivity index (χ0v) is 10.2. The predicted molar refractivity (Wildman–Crippen MR) is 68.2 cm³/mol. The van der Waals surface area contributed by atoms with Crippen molar-refractivity contribution in [3.63, 3.8) is 0 Å². The first-order valence-corrected chi connectivity index (χ1v) is 5.90. The molecular weight excluding hydrogens is 222 g/mol. The molecule has 0 aromatic heterocycles. The van der Waals surface area contributed by atoms with Crippen molar-refractivity contribution >= 4 is 17.3 Å². The van der Waals surface area contributed by atoms with Gasteiger partial charge < -0.3 is 10.1 Å². The van der Waals surface area contributed by atoms with Gasteiger partial charge in [-0.2, -0.15) is 0 Å². The highest BCUT2D eigenvalue weighted by atomic mass is 35.5. The molecule has 0 spiro atoms. The maximum Gasteiger partial charge on any atom is 0.0693 e. The summed E-state index contributed by atoms with van der Waals surface area (Å²) in [6, 6.07) is 6.02. The second-order valence-corrected chi connectivity index (χ2v) is 4.37. The van der Waals surface area contributed by atoms with Crippen molar-refractivity contribution in [1.82, 2.24) is 0 Å². The molecule has 2 nitrogen and oxygen atoms in total. The van der Waals surface area contributed by atoms with Gasteiger partial charge in [0.2, 0.25) is 0 Å². The molecule has 86 valence electrons. The predicted octanol–water partition coefficient (Wildman–Crippen LogP) is 3.41. The Labute approximate surface area is 101 Å². The highest BCUT2D eigenvalue weighted by Crippen LogP contribution is 2.25. The van der Waals surface area contributed by atoms with Gasteiger partial charge in [-0.25, -0.2) is 0 Å². The molecule has 0 atom stereocenters. The monoisotopic (exact) mass is 237 g/mol. The van der Waals surface area contributed by atoms with Gasteiger partial charge in [0.15, 0.2) is 0 Å². The Bertz CT molecular complexity index is 401. The molecule has 1 heterocycles. The van der Waals surface area contributed by atoms with Gasteiger partial charge in [-0.15, -0.1) is 0 Å². The average molecular weight is 238 g/mol. The fraction of sp³-hybridized carbons (Fsp3) is 0.385. The summed E-state index contributed by atoms with van der Waals surface area (Å²) in [6.45, 7) is 4.39. The van der Waals surface area contributed by atoms with E-state index in [4.69, 9.17) is 16.3 Å². The Morgan fingerprint density at radius 2 is 2.31 bits per heavy atom. The average Bonchev–Trinajstić information content (AvgIpc) is 2.32. The lowest BCUT2D eigenvalue weighted by atomic mass is 10.2. The van der Waals surface area contributed by atoms with E-state index in [-0.39, 0.29) is 0 Å². The van der Waals surface area contributed by atoms with Crippen LogP contribution in [0.2, 0.25) is 5.02 Å². The standard InChI is InChI=1S/C13H16ClNO/c1-10-4-2-6-12(13(10)14)15-8-11-5-3-7-16-9-11/h2,4-6,15H,3,7-9H2,1H3. The van der Waals surface area contributed by atoms with E-state index in [1.807, 2.05) is 25.1 Å². The van der Waals surface area contributed by atoms with Gasteiger partial charge >= 0.3 is 0 Å². The Kier molecular flexibility index (Phi) is 3.86. The number of aryl methyl sites for hydroxylation is 1. The number of rotatable bonds is 3. The number of benzene rings is 1. The second-order valence-electron chi connectivity index (χ2n) is 3.99. The maximum absolute atomic E-state index is 6.20. The van der Waals surface area contributed by atoms with Gasteiger partial charge in [-0.1, -0.05) is 29.8 Å². The lowest BCUT2D eigenvalue weighted by Crippen LogP contribution is -2.14. The summed E-state index contributed by atoms with van der Waals surface area (Å²) in [7, 11) is 0. The minimum Gasteiger partial charge on any atom is -0.380 e. The van der Waals surface area contributed by atoms with Crippen LogP contribution in [0.15, 0.2) is 29.8 Å². The third-order valence-electron chi connectivity index (χ3n) is 2.68. The zero-order chi connectivity index (χ0) is 11.4. The molecule has 1 aliphatic rings. The van der Waals surface area contributed by atoms with Crippen molar-refractivity contribution < 1.29 is 4.74 Å². The van der Waals surface area contributed by atoms with Crippen molar-refractivity contribution in [3.05, 3.63) is 40.4 Å². The molecule has 3 heteroatoms. The molecule has 1 N–H and O–H groups in total. The molecular formula is C13H16ClNO. The molecule has 2 rings (SSSR count). The van der Waals surface area contributed by atoms with Gasteiger partial charge in [0.1, 0.15) is 0 Å². The van der Waals surface area contributed by atoms with Crippen molar-refractivity contribution in [2.45, 2.75) is 13.3 Å². The molecule has 1 aromatic carbocycles. The van der Waals surface area contributed by atoms with Crippen molar-refractivity contribution in [3.8, 4) is 0 Å². The summed E-state index contributed by atoms with van der Waals surface area (Å²) >= 11 is 6.20. The van der Waals surface area contributed by atoms with E-state index in [1.165, 1.54) is 5.57 Å². The summed E-state index contributed by atoms with van der Waals surface area (Å²) in [4.78, 5) is 0. The van der Waals surface area contributed by atoms with Crippen LogP contribution in [0.1, 0.15) is 12.0 Å². The molecule has 0 unspecified atom stereocenters. The normalized spacial score (nSPS) is 15.8. The fourth-order valence-electron chi connectivity index (χ4n) is 1.72. The Morgan fingerprint density at radius 1 is 1.44 bits per heavy atom. The van der Waals surface area contributed by atoms with Crippen molar-refractivity contribution in [2.24, 2.45) is 0 Å². The molecule has 0 radical (unpaired) electrons. The van der Waals surface area contributed by atoms with Gasteiger partial charge in [-0.05, 0) is 30.5 Å². The van der Waals surface area contributed by atoms with Crippen molar-refractivity contribution in [2.75, 3.05) is 25.1 Å². The minimum absolute atomic E-state index is 0.733. The third kappa shape index (κ3) is 2.77. The molecule has 0 bridgehead atoms. The molecule has 16 heavy (non-hydrogen) atoms. The minimum atomic E-state index is 0.733. The quantitative estimate of drug-likeness (QED) is 0.814. The fourth-order valence-corrected chi connectivity index (χ4v) is 1.92. The highest BCUT2D eigenvalue weighted by molar-refractivity contribution is 6.34. The van der Waals surface area contributed by atoms with Crippen molar-refractivity contribution in [1.29, 1.82) is 0 Å². The van der Waals surface area contributed by atoms with Gasteiger partial charge in [-0.3, -0.25) is 0 Å². The summed E-state index contributed by atoms with van der Waals surface area (Å²) in [5.74, 6) is 0. The van der Waals surface area contributed by atoms with E-state index in [9.17, 15) is 0 Å². The summed E-state index contributed by atoms with van der Waals surface area (Å²) in [5, 5.41) is 4.15. The lowest BCUT2D eigenvalue weighted by molar-refractivity contribution is 0.150. The number of anilines is 1. The van der Waals surface area contributed by atoms with Crippen LogP contribution in [0.25, 0.3) is 0 Å². The first-order chi connectivity index (χ1) is 7.77. The largest absolute Gasteiger partial charge is 0.380 e. The van der Waals surface area contributed by atoms with E-state index in [2.05, 4.69) is 11.4 Å². The molecule has 0 saturated heterocycles. The summed E-state index contributed by atoms with van der Waals surface area (Å²) in [5.41, 5.74) is 3.39. The van der Waals surface area contributed by atoms with E-state index >= 15 is 0 Å². The molecule has 0 saturated carbocycles. The third-order valence-corrected chi connectivity index (χ3v) is 3.18. The van der Waals surface area contributed by atoms with Crippen LogP contribution < -0.4 is 5.32 Å². The smallest absolute Gasteiger partial charge is 0.0693 e. The SMILES string of the molecule is Cc1cccc(NCC2=CCCOC2)c1Cl. The van der Waals surface area contributed by atoms with Crippen LogP contribution in [-0.4, -0.2) is 19.8 Å². The van der Waals surface area contributed by atoms with E-state index < -0.39 is 0 Å². The van der Waals surface area contributed by atoms with Crippen LogP contribution in [0.3, 0.4) is 0 Å². The number of nitrogens with one attached hydrogen (secondary N) is 1. The molecule has 1 aliphatic heterocycles. The van der Waals surface area contributed by atoms with Crippen LogP contribution in [0, 0.1) is 6.92 Å². The van der Waals surface area contributed by atoms with Crippen LogP contribution >= 0.6 is 11.6 Å². The molecule has 0 fully saturated rings. The van der Waals surface area contributed by atoms with Crippen LogP contribution in [0.5, 0.6) is 0 Å². The molecule has 0 amide bonds. The number of hydrogen-bond donors (Lipinski definition) is 1. The van der Waals surface area contributed by atoms with E-state index in [0.29, 0.717) is 0 Å². The van der Waals surface area contributed by atoms with E-state index in [1.54, 1.807) is 0 Å². The lowest BCUT2D eigenvalue weighted by Gasteiger charge is -2.16. The Balaban J connectivity index is 1.99. The maximum atomic E-state index is 6.20. The first kappa shape index (κ1) is 11.5. The number of halogens is 1. The Hall–Kier alpha value is -0.990. The first-order valence-electron chi connectivity index (χ1n) is 5.52. The topological polar surface area (TPSA) is 21.3 Å². The summed E-state index contributed by atoms with van der Waals surface area (Å²) < 4.78 is 5.38. The summed E-state index contributed by atoms with van der Waals surface area (Å²) in [6.07, 6.45) is 3.25. The van der Waals surface area contributed by atoms with Crippen LogP contribution in [0.4, 0.5) is 5.69 Å². The van der Waals surface area contributed by atoms with Gasteiger partial charge in [0.05, 0.1) is 23.9 Å². The Morgan fingerprint density at radius 3 is 3.06 bits per heavy atom. The number of hydrogen-bond acceptors (Lipinski definition) is 2. The number of ether oxygens (including phenoxy) is 1. The van der Waals surface area contributed by atoms with Gasteiger partial charge in [0, 0.05) is 6.54 Å².